The molecule has 2 rings (SSSR count). The van der Waals surface area contributed by atoms with Gasteiger partial charge in [-0.05, 0) is 6.92 Å². The maximum atomic E-state index is 12.8. The van der Waals surface area contributed by atoms with Crippen LogP contribution in [0.1, 0.15) is 40.5 Å². The topological polar surface area (TPSA) is 147 Å². The third kappa shape index (κ3) is 5.59. The lowest BCUT2D eigenvalue weighted by molar-refractivity contribution is -0.297. The molecule has 0 aromatic carbocycles. The number of hydrogen-bond donors (Lipinski definition) is 5. The molecule has 0 spiro atoms. The van der Waals surface area contributed by atoms with Gasteiger partial charge in [0.15, 0.2) is 6.10 Å². The number of aliphatic hydroxyl groups is 4. The number of carbonyl (C=O) groups is 1. The van der Waals surface area contributed by atoms with Gasteiger partial charge >= 0.3 is 0 Å². The zero-order chi connectivity index (χ0) is 25.1. The van der Waals surface area contributed by atoms with E-state index < -0.39 is 54.2 Å². The Morgan fingerprint density at radius 2 is 1.97 bits per heavy atom. The maximum Gasteiger partial charge on any atom is 0.258 e. The average Bonchev–Trinajstić information content (AvgIpc) is 2.77. The highest BCUT2D eigenvalue weighted by Gasteiger charge is 2.51. The number of methoxy groups -OCH3 is 2. The van der Waals surface area contributed by atoms with Crippen molar-refractivity contribution in [1.82, 2.24) is 5.32 Å². The second kappa shape index (κ2) is 10.8. The first kappa shape index (κ1) is 27.7. The largest absolute Gasteiger partial charge is 0.490 e. The molecule has 5 N–H and O–H groups in total. The van der Waals surface area contributed by atoms with Crippen molar-refractivity contribution in [3.63, 3.8) is 0 Å². The number of aliphatic hydroxyl groups excluding tert-OH is 4. The van der Waals surface area contributed by atoms with Crippen LogP contribution in [0.2, 0.25) is 0 Å². The summed E-state index contributed by atoms with van der Waals surface area (Å²) in [6, 6.07) is 0. The molecule has 190 valence electrons. The number of amides is 1. The summed E-state index contributed by atoms with van der Waals surface area (Å²) < 4.78 is 22.7. The van der Waals surface area contributed by atoms with Crippen molar-refractivity contribution in [3.05, 3.63) is 24.1 Å². The summed E-state index contributed by atoms with van der Waals surface area (Å²) in [5.74, 6) is -2.38. The summed E-state index contributed by atoms with van der Waals surface area (Å²) in [6.07, 6.45) is -4.21. The van der Waals surface area contributed by atoms with Gasteiger partial charge in [-0.15, -0.1) is 0 Å². The molecule has 10 nitrogen and oxygen atoms in total. The lowest BCUT2D eigenvalue weighted by Gasteiger charge is -2.48. The highest BCUT2D eigenvalue weighted by atomic mass is 16.7. The molecule has 2 aliphatic rings. The van der Waals surface area contributed by atoms with Crippen LogP contribution in [0.15, 0.2) is 24.1 Å². The van der Waals surface area contributed by atoms with E-state index in [9.17, 15) is 25.2 Å². The lowest BCUT2D eigenvalue weighted by atomic mass is 9.74. The van der Waals surface area contributed by atoms with E-state index in [2.05, 4.69) is 11.9 Å². The first-order valence-corrected chi connectivity index (χ1v) is 11.1. The molecule has 1 amide bonds. The minimum absolute atomic E-state index is 0.000654. The normalized spacial score (nSPS) is 37.3. The standard InChI is InChI=1S/C23H39NO9/c1-12-9-23(31-7,33-14(3)13(12)2)19(28)21(29)24-10-16-18(27)20(30-6)22(4,5)17(32-16)8-15(26)11-25/h10,13-15,17-20,25-28H,1,8-9,11H2,2-7H3,(H,24,29)/b16-10-/t13-,14-,15-,17-,18+,19-,20-,23-/m1/s1. The fourth-order valence-electron chi connectivity index (χ4n) is 4.43. The molecule has 0 unspecified atom stereocenters. The maximum absolute atomic E-state index is 12.8. The molecule has 0 aromatic heterocycles. The Kier molecular flexibility index (Phi) is 9.08. The lowest BCUT2D eigenvalue weighted by Crippen LogP contribution is -2.58. The Morgan fingerprint density at radius 1 is 1.33 bits per heavy atom. The van der Waals surface area contributed by atoms with Gasteiger partial charge < -0.3 is 44.7 Å². The van der Waals surface area contributed by atoms with Crippen molar-refractivity contribution in [2.75, 3.05) is 20.8 Å². The summed E-state index contributed by atoms with van der Waals surface area (Å²) in [5, 5.41) is 43.1. The van der Waals surface area contributed by atoms with E-state index in [1.54, 1.807) is 0 Å². The van der Waals surface area contributed by atoms with E-state index >= 15 is 0 Å². The smallest absolute Gasteiger partial charge is 0.258 e. The molecule has 8 atom stereocenters. The Hall–Kier alpha value is -1.53. The number of nitrogens with one attached hydrogen (secondary N) is 1. The van der Waals surface area contributed by atoms with Gasteiger partial charge in [-0.2, -0.15) is 0 Å². The number of rotatable bonds is 8. The van der Waals surface area contributed by atoms with Crippen molar-refractivity contribution in [2.24, 2.45) is 11.3 Å². The molecular formula is C23H39NO9. The van der Waals surface area contributed by atoms with Crippen LogP contribution < -0.4 is 5.32 Å². The molecule has 0 saturated carbocycles. The average molecular weight is 474 g/mol. The Balaban J connectivity index is 2.21. The predicted octanol–water partition coefficient (Wildman–Crippen LogP) is 0.193. The van der Waals surface area contributed by atoms with E-state index in [0.717, 1.165) is 11.8 Å². The van der Waals surface area contributed by atoms with Gasteiger partial charge in [0.25, 0.3) is 5.91 Å². The monoisotopic (exact) mass is 473 g/mol. The highest BCUT2D eigenvalue weighted by Crippen LogP contribution is 2.42. The van der Waals surface area contributed by atoms with Crippen LogP contribution in [-0.2, 0) is 23.7 Å². The first-order valence-electron chi connectivity index (χ1n) is 11.1. The van der Waals surface area contributed by atoms with Crippen molar-refractivity contribution in [1.29, 1.82) is 0 Å². The van der Waals surface area contributed by atoms with Gasteiger partial charge in [-0.3, -0.25) is 4.79 Å². The second-order valence-corrected chi connectivity index (χ2v) is 9.52. The minimum atomic E-state index is -1.69. The van der Waals surface area contributed by atoms with Crippen LogP contribution in [-0.4, -0.2) is 89.6 Å². The molecule has 2 fully saturated rings. The van der Waals surface area contributed by atoms with E-state index in [4.69, 9.17) is 18.9 Å². The van der Waals surface area contributed by atoms with Gasteiger partial charge in [0.2, 0.25) is 5.79 Å². The highest BCUT2D eigenvalue weighted by molar-refractivity contribution is 5.82. The molecule has 0 aliphatic carbocycles. The van der Waals surface area contributed by atoms with Crippen LogP contribution in [0.25, 0.3) is 0 Å². The Bertz CT molecular complexity index is 739. The first-order chi connectivity index (χ1) is 15.3. The molecule has 0 aromatic rings. The summed E-state index contributed by atoms with van der Waals surface area (Å²) >= 11 is 0. The fraction of sp³-hybridized carbons (Fsp3) is 0.783. The third-order valence-electron chi connectivity index (χ3n) is 6.94. The minimum Gasteiger partial charge on any atom is -0.490 e. The summed E-state index contributed by atoms with van der Waals surface area (Å²) in [4.78, 5) is 12.8. The molecule has 2 heterocycles. The molecule has 2 aliphatic heterocycles. The van der Waals surface area contributed by atoms with E-state index in [1.165, 1.54) is 14.2 Å². The van der Waals surface area contributed by atoms with Gasteiger partial charge in [0, 0.05) is 44.6 Å². The summed E-state index contributed by atoms with van der Waals surface area (Å²) in [7, 11) is 2.79. The second-order valence-electron chi connectivity index (χ2n) is 9.52. The van der Waals surface area contributed by atoms with Gasteiger partial charge in [0.05, 0.1) is 24.9 Å². The van der Waals surface area contributed by atoms with E-state index in [1.807, 2.05) is 27.7 Å². The number of carbonyl (C=O) groups excluding carboxylic acids is 1. The summed E-state index contributed by atoms with van der Waals surface area (Å²) in [5.41, 5.74) is 0.0799. The SMILES string of the molecule is C=C1C[C@](OC)([C@H](O)C(=O)N/C=C2\O[C@H](C[C@@H](O)CO)C(C)(C)[C@H](OC)[C@H]2O)O[C@H](C)[C@@H]1C. The van der Waals surface area contributed by atoms with Crippen molar-refractivity contribution in [3.8, 4) is 0 Å². The molecule has 2 saturated heterocycles. The van der Waals surface area contributed by atoms with Crippen molar-refractivity contribution in [2.45, 2.75) is 82.9 Å². The predicted molar refractivity (Wildman–Crippen MR) is 119 cm³/mol. The van der Waals surface area contributed by atoms with E-state index in [-0.39, 0.29) is 30.6 Å². The van der Waals surface area contributed by atoms with Crippen LogP contribution in [0.4, 0.5) is 0 Å². The van der Waals surface area contributed by atoms with E-state index in [0.29, 0.717) is 0 Å². The fourth-order valence-corrected chi connectivity index (χ4v) is 4.43. The zero-order valence-electron chi connectivity index (χ0n) is 20.3. The van der Waals surface area contributed by atoms with Crippen LogP contribution in [0.5, 0.6) is 0 Å². The van der Waals surface area contributed by atoms with Crippen LogP contribution in [0.3, 0.4) is 0 Å². The van der Waals surface area contributed by atoms with Crippen molar-refractivity contribution < 1.29 is 44.2 Å². The number of hydrogen-bond acceptors (Lipinski definition) is 9. The molecule has 10 heteroatoms. The molecule has 0 bridgehead atoms. The van der Waals surface area contributed by atoms with Gasteiger partial charge in [0.1, 0.15) is 18.0 Å². The quantitative estimate of drug-likeness (QED) is 0.312. The number of ether oxygens (including phenoxy) is 4. The Labute approximate surface area is 195 Å². The molecular weight excluding hydrogens is 434 g/mol. The van der Waals surface area contributed by atoms with Crippen LogP contribution >= 0.6 is 0 Å². The Morgan fingerprint density at radius 3 is 2.48 bits per heavy atom. The third-order valence-corrected chi connectivity index (χ3v) is 6.94. The zero-order valence-corrected chi connectivity index (χ0v) is 20.3. The molecule has 33 heavy (non-hydrogen) atoms. The van der Waals surface area contributed by atoms with Crippen molar-refractivity contribution >= 4 is 5.91 Å². The van der Waals surface area contributed by atoms with Crippen LogP contribution in [0, 0.1) is 11.3 Å². The van der Waals surface area contributed by atoms with Gasteiger partial charge in [-0.25, -0.2) is 0 Å². The summed E-state index contributed by atoms with van der Waals surface area (Å²) in [6.45, 7) is 11.0. The molecule has 0 radical (unpaired) electrons. The van der Waals surface area contributed by atoms with Gasteiger partial charge in [-0.1, -0.05) is 32.9 Å².